The number of hydrogen-bond acceptors (Lipinski definition) is 3. The summed E-state index contributed by atoms with van der Waals surface area (Å²) in [4.78, 5) is 4.21. The van der Waals surface area contributed by atoms with Crippen LogP contribution in [-0.2, 0) is 5.41 Å². The minimum atomic E-state index is -0.769. The second-order valence-corrected chi connectivity index (χ2v) is 23.3. The lowest BCUT2D eigenvalue weighted by Gasteiger charge is -2.45. The van der Waals surface area contributed by atoms with Gasteiger partial charge in [-0.25, -0.2) is 0 Å². The van der Waals surface area contributed by atoms with E-state index in [0.29, 0.717) is 55.8 Å². The molecule has 0 atom stereocenters. The molecule has 414 valence electrons. The highest BCUT2D eigenvalue weighted by Gasteiger charge is 2.45. The first-order valence-electron chi connectivity index (χ1n) is 39.4. The fraction of sp³-hybridized carbons (Fsp3) is 0.0488. The van der Waals surface area contributed by atoms with Gasteiger partial charge >= 0.3 is 0 Å². The van der Waals surface area contributed by atoms with Crippen LogP contribution in [0.2, 0.25) is 0 Å². The number of furan rings is 1. The van der Waals surface area contributed by atoms with Crippen LogP contribution in [0.15, 0.2) is 295 Å². The first-order chi connectivity index (χ1) is 52.0. The summed E-state index contributed by atoms with van der Waals surface area (Å²) < 4.78 is 203. The minimum Gasteiger partial charge on any atom is -0.452 e. The zero-order chi connectivity index (χ0) is 76.6. The van der Waals surface area contributed by atoms with E-state index in [1.165, 1.54) is 9.13 Å². The molecule has 5 nitrogen and oxygen atoms in total. The Labute approximate surface area is 540 Å². The van der Waals surface area contributed by atoms with Crippen LogP contribution in [0.25, 0.3) is 110 Å². The fourth-order valence-corrected chi connectivity index (χ4v) is 13.5. The predicted molar refractivity (Wildman–Crippen MR) is 371 cm³/mol. The molecule has 0 saturated heterocycles. The van der Waals surface area contributed by atoms with E-state index in [2.05, 4.69) is 56.0 Å². The van der Waals surface area contributed by atoms with Gasteiger partial charge in [0.15, 0.2) is 11.2 Å². The molecule has 0 aliphatic carbocycles. The maximum Gasteiger partial charge on any atom is 0.252 e. The van der Waals surface area contributed by atoms with Gasteiger partial charge in [0.05, 0.1) is 62.2 Å². The standard InChI is InChI=1S/C82H57BN4O/c1-82(2,3)58-49-77-79-78(50-58)87(74-40-22-34-66-65-33-21-39-73(80(65)88-81(66)74)86-71-37-19-15-31-63(71)64-32-16-20-38-72(64)86)75-48-55(52-23-7-4-8-24-52)41-43-67(75)83(79)68-44-42-59(84-69-35-17-13-29-61(69)62-30-14-18-36-70(62)84)51-76(68)85(77)60-46-56(53-25-9-5-10-26-53)45-57(47-60)54-27-11-6-12-28-54/h4-51H,1-3H3/i4D,7D,8D,13D,14D,15D,16D,17D,18D,19D,20D,23D,24D,29D,30D,31D,32D,35D,36D,37D,38D. The van der Waals surface area contributed by atoms with Crippen molar-refractivity contribution in [1.82, 2.24) is 9.13 Å². The summed E-state index contributed by atoms with van der Waals surface area (Å²) in [6.45, 7) is 5.49. The third-order valence-corrected chi connectivity index (χ3v) is 17.4. The van der Waals surface area contributed by atoms with Gasteiger partial charge in [-0.05, 0) is 146 Å². The summed E-state index contributed by atoms with van der Waals surface area (Å²) in [6, 6.07) is 41.0. The van der Waals surface area contributed by atoms with Crippen molar-refractivity contribution in [3.8, 4) is 44.8 Å². The fourth-order valence-electron chi connectivity index (χ4n) is 13.5. The zero-order valence-electron chi connectivity index (χ0n) is 68.4. The van der Waals surface area contributed by atoms with E-state index in [-0.39, 0.29) is 77.3 Å². The number of fused-ring (bicyclic) bond motifs is 13. The Hall–Kier alpha value is -11.1. The molecule has 2 aliphatic heterocycles. The van der Waals surface area contributed by atoms with E-state index in [1.807, 2.05) is 108 Å². The first kappa shape index (κ1) is 33.6. The molecule has 0 spiro atoms. The van der Waals surface area contributed by atoms with Gasteiger partial charge < -0.3 is 23.4 Å². The lowest BCUT2D eigenvalue weighted by Crippen LogP contribution is -2.61. The number of nitrogens with zero attached hydrogens (tertiary/aromatic N) is 4. The van der Waals surface area contributed by atoms with E-state index in [0.717, 1.165) is 33.3 Å². The Morgan fingerprint density at radius 2 is 0.818 bits per heavy atom. The molecule has 0 N–H and O–H groups in total. The second kappa shape index (κ2) is 19.2. The van der Waals surface area contributed by atoms with Crippen molar-refractivity contribution in [2.24, 2.45) is 0 Å². The highest BCUT2D eigenvalue weighted by molar-refractivity contribution is 7.00. The van der Waals surface area contributed by atoms with Crippen LogP contribution >= 0.6 is 0 Å². The molecule has 2 aliphatic rings. The maximum absolute atomic E-state index is 9.64. The van der Waals surface area contributed by atoms with Crippen LogP contribution < -0.4 is 26.2 Å². The smallest absolute Gasteiger partial charge is 0.252 e. The monoisotopic (exact) mass is 1150 g/mol. The topological polar surface area (TPSA) is 29.5 Å². The van der Waals surface area contributed by atoms with Crippen LogP contribution in [0.4, 0.5) is 34.1 Å². The lowest BCUT2D eigenvalue weighted by molar-refractivity contribution is 0.590. The van der Waals surface area contributed by atoms with Crippen molar-refractivity contribution < 1.29 is 33.2 Å². The molecule has 0 fully saturated rings. The van der Waals surface area contributed by atoms with Crippen molar-refractivity contribution in [2.45, 2.75) is 26.2 Å². The Bertz CT molecular complexity index is 6590. The Balaban J connectivity index is 0.988. The SMILES string of the molecule is [2H]c1c([2H])c([2H])c(-c2ccc3c(c2)N(c2cccc4c2oc2c(-n5c6c([2H])c([2H])c([2H])c([2H])c6c6c([2H])c([2H])c([2H])c([2H])c65)cccc24)c2cc(C(C)(C)C)cc4c2B3c2ccc(-n3c5c([2H])c([2H])c([2H])c([2H])c5c5c([2H])c([2H])c([2H])c([2H])c53)cc2N4c2cc(-c3ccccc3)cc(-c3ccccc3)c2)c([2H])c1[2H]. The van der Waals surface area contributed by atoms with Gasteiger partial charge in [-0.3, -0.25) is 0 Å². The van der Waals surface area contributed by atoms with Crippen molar-refractivity contribution >= 4 is 123 Å². The lowest BCUT2D eigenvalue weighted by atomic mass is 9.33. The maximum atomic E-state index is 9.64. The van der Waals surface area contributed by atoms with Crippen molar-refractivity contribution in [3.63, 3.8) is 0 Å². The van der Waals surface area contributed by atoms with Gasteiger partial charge in [-0.2, -0.15) is 0 Å². The highest BCUT2D eigenvalue weighted by Crippen LogP contribution is 2.51. The molecule has 3 aromatic heterocycles. The Morgan fingerprint density at radius 1 is 0.330 bits per heavy atom. The molecule has 0 radical (unpaired) electrons. The molecule has 88 heavy (non-hydrogen) atoms. The first-order valence-corrected chi connectivity index (χ1v) is 28.9. The molecule has 0 unspecified atom stereocenters. The molecule has 5 heterocycles. The number of anilines is 6. The molecular formula is C82H57BN4O. The third-order valence-electron chi connectivity index (χ3n) is 17.4. The third kappa shape index (κ3) is 7.55. The van der Waals surface area contributed by atoms with Crippen LogP contribution in [0, 0.1) is 0 Å². The summed E-state index contributed by atoms with van der Waals surface area (Å²) in [5, 5.41) is 0.635. The van der Waals surface area contributed by atoms with Gasteiger partial charge in [-0.1, -0.05) is 227 Å². The average molecular weight is 1150 g/mol. The number of benzene rings is 13. The summed E-state index contributed by atoms with van der Waals surface area (Å²) >= 11 is 0. The second-order valence-electron chi connectivity index (χ2n) is 23.3. The Morgan fingerprint density at radius 3 is 1.39 bits per heavy atom. The number of rotatable bonds is 7. The summed E-state index contributed by atoms with van der Waals surface area (Å²) in [6.07, 6.45) is 0. The largest absolute Gasteiger partial charge is 0.452 e. The molecule has 0 bridgehead atoms. The number of para-hydroxylation sites is 6. The van der Waals surface area contributed by atoms with Gasteiger partial charge in [0.1, 0.15) is 0 Å². The van der Waals surface area contributed by atoms with Gasteiger partial charge in [0.2, 0.25) is 0 Å². The van der Waals surface area contributed by atoms with Gasteiger partial charge in [0, 0.05) is 66.4 Å². The van der Waals surface area contributed by atoms with Crippen molar-refractivity contribution in [2.75, 3.05) is 9.80 Å². The van der Waals surface area contributed by atoms with Crippen molar-refractivity contribution in [3.05, 3.63) is 296 Å². The average Bonchev–Trinajstić information content (AvgIpc) is 1.52. The van der Waals surface area contributed by atoms with Gasteiger partial charge in [-0.15, -0.1) is 0 Å². The van der Waals surface area contributed by atoms with E-state index < -0.39 is 139 Å². The predicted octanol–water partition coefficient (Wildman–Crippen LogP) is 20.2. The van der Waals surface area contributed by atoms with Crippen LogP contribution in [0.5, 0.6) is 0 Å². The molecule has 13 aromatic carbocycles. The van der Waals surface area contributed by atoms with Crippen LogP contribution in [-0.4, -0.2) is 15.8 Å². The summed E-state index contributed by atoms with van der Waals surface area (Å²) in [7, 11) is 0. The summed E-state index contributed by atoms with van der Waals surface area (Å²) in [5.41, 5.74) is 9.84. The van der Waals surface area contributed by atoms with E-state index >= 15 is 0 Å². The molecule has 0 saturated carbocycles. The van der Waals surface area contributed by atoms with Crippen LogP contribution in [0.1, 0.15) is 55.1 Å². The molecule has 6 heteroatoms. The summed E-state index contributed by atoms with van der Waals surface area (Å²) in [5.74, 6) is 0. The molecule has 18 rings (SSSR count). The molecule has 0 amide bonds. The number of hydrogen-bond donors (Lipinski definition) is 0. The quantitative estimate of drug-likeness (QED) is 0.149. The number of aromatic nitrogens is 2. The van der Waals surface area contributed by atoms with E-state index in [9.17, 15) is 13.7 Å². The zero-order valence-corrected chi connectivity index (χ0v) is 47.4. The van der Waals surface area contributed by atoms with E-state index in [1.54, 1.807) is 30.3 Å². The molecule has 16 aromatic rings. The molecular weight excluding hydrogens is 1070 g/mol. The van der Waals surface area contributed by atoms with Crippen molar-refractivity contribution in [1.29, 1.82) is 0 Å². The minimum absolute atomic E-state index is 0.0769. The van der Waals surface area contributed by atoms with E-state index in [4.69, 9.17) is 19.5 Å². The normalized spacial score (nSPS) is 16.2. The Kier molecular flexibility index (Phi) is 7.33. The highest BCUT2D eigenvalue weighted by atomic mass is 16.3. The van der Waals surface area contributed by atoms with Gasteiger partial charge in [0.25, 0.3) is 6.71 Å². The van der Waals surface area contributed by atoms with Crippen LogP contribution in [0.3, 0.4) is 0 Å².